The van der Waals surface area contributed by atoms with Crippen LogP contribution >= 0.6 is 11.3 Å². The summed E-state index contributed by atoms with van der Waals surface area (Å²) in [5.74, 6) is 0.222. The fourth-order valence-electron chi connectivity index (χ4n) is 4.29. The standard InChI is InChI=1S/C22H34N4O2S/c1-13(2)26(14(3)4)21-25-19-18(29-21)11-15(12-23-19)20(27)24-17-9-7-16(8-10-17)22(5,6)28/h11-14,16-17,28H,7-10H2,1-6H3,(H,24,27)/t16-,17-. The smallest absolute Gasteiger partial charge is 0.253 e. The Hall–Kier alpha value is -1.73. The van der Waals surface area contributed by atoms with Crippen molar-refractivity contribution in [2.75, 3.05) is 4.90 Å². The number of nitrogens with zero attached hydrogens (tertiary/aromatic N) is 3. The molecule has 3 rings (SSSR count). The lowest BCUT2D eigenvalue weighted by Gasteiger charge is -2.36. The first-order valence-corrected chi connectivity index (χ1v) is 11.5. The first kappa shape index (κ1) is 22.0. The van der Waals surface area contributed by atoms with Crippen molar-refractivity contribution in [3.8, 4) is 0 Å². The predicted molar refractivity (Wildman–Crippen MR) is 120 cm³/mol. The Morgan fingerprint density at radius 1 is 1.21 bits per heavy atom. The minimum absolute atomic E-state index is 0.0781. The molecule has 2 aromatic heterocycles. The van der Waals surface area contributed by atoms with Gasteiger partial charge in [-0.25, -0.2) is 4.98 Å². The van der Waals surface area contributed by atoms with Gasteiger partial charge in [-0.2, -0.15) is 4.98 Å². The lowest BCUT2D eigenvalue weighted by molar-refractivity contribution is -0.00257. The molecular weight excluding hydrogens is 384 g/mol. The van der Waals surface area contributed by atoms with E-state index in [1.807, 2.05) is 19.9 Å². The molecular formula is C22H34N4O2S. The maximum Gasteiger partial charge on any atom is 0.253 e. The van der Waals surface area contributed by atoms with Crippen molar-refractivity contribution in [3.63, 3.8) is 0 Å². The van der Waals surface area contributed by atoms with Gasteiger partial charge in [0.25, 0.3) is 5.91 Å². The van der Waals surface area contributed by atoms with Crippen LogP contribution in [0.3, 0.4) is 0 Å². The van der Waals surface area contributed by atoms with E-state index >= 15 is 0 Å². The Labute approximate surface area is 177 Å². The molecule has 0 atom stereocenters. The second-order valence-electron chi connectivity index (χ2n) is 9.31. The Morgan fingerprint density at radius 3 is 2.38 bits per heavy atom. The molecule has 0 radical (unpaired) electrons. The van der Waals surface area contributed by atoms with E-state index < -0.39 is 5.60 Å². The predicted octanol–water partition coefficient (Wildman–Crippen LogP) is 4.37. The van der Waals surface area contributed by atoms with Crippen molar-refractivity contribution >= 4 is 32.7 Å². The monoisotopic (exact) mass is 418 g/mol. The molecule has 2 N–H and O–H groups in total. The second-order valence-corrected chi connectivity index (χ2v) is 10.3. The zero-order chi connectivity index (χ0) is 21.3. The lowest BCUT2D eigenvalue weighted by atomic mass is 9.77. The van der Waals surface area contributed by atoms with Gasteiger partial charge < -0.3 is 15.3 Å². The van der Waals surface area contributed by atoms with E-state index in [0.29, 0.717) is 29.2 Å². The van der Waals surface area contributed by atoms with Gasteiger partial charge in [-0.3, -0.25) is 4.79 Å². The summed E-state index contributed by atoms with van der Waals surface area (Å²) in [6.45, 7) is 12.4. The molecule has 7 heteroatoms. The minimum atomic E-state index is -0.645. The van der Waals surface area contributed by atoms with E-state index in [1.54, 1.807) is 17.5 Å². The molecule has 0 aliphatic heterocycles. The molecule has 0 spiro atoms. The molecule has 1 amide bonds. The summed E-state index contributed by atoms with van der Waals surface area (Å²) < 4.78 is 0.935. The molecule has 2 heterocycles. The third-order valence-corrected chi connectivity index (χ3v) is 6.90. The van der Waals surface area contributed by atoms with E-state index in [9.17, 15) is 9.90 Å². The van der Waals surface area contributed by atoms with Gasteiger partial charge in [0.15, 0.2) is 10.8 Å². The zero-order valence-corrected chi connectivity index (χ0v) is 19.2. The summed E-state index contributed by atoms with van der Waals surface area (Å²) >= 11 is 1.59. The topological polar surface area (TPSA) is 78.4 Å². The quantitative estimate of drug-likeness (QED) is 0.728. The zero-order valence-electron chi connectivity index (χ0n) is 18.4. The number of fused-ring (bicyclic) bond motifs is 1. The lowest BCUT2D eigenvalue weighted by Crippen LogP contribution is -2.41. The van der Waals surface area contributed by atoms with Gasteiger partial charge in [-0.05, 0) is 79.2 Å². The molecule has 1 saturated carbocycles. The van der Waals surface area contributed by atoms with Crippen LogP contribution in [0, 0.1) is 5.92 Å². The van der Waals surface area contributed by atoms with Crippen molar-refractivity contribution in [1.29, 1.82) is 0 Å². The van der Waals surface area contributed by atoms with Crippen LogP contribution in [0.4, 0.5) is 5.13 Å². The third kappa shape index (κ3) is 5.07. The second kappa shape index (κ2) is 8.56. The Morgan fingerprint density at radius 2 is 1.83 bits per heavy atom. The number of nitrogens with one attached hydrogen (secondary N) is 1. The number of hydrogen-bond acceptors (Lipinski definition) is 6. The average Bonchev–Trinajstić information content (AvgIpc) is 3.02. The molecule has 1 aliphatic rings. The van der Waals surface area contributed by atoms with Gasteiger partial charge in [0.2, 0.25) is 0 Å². The molecule has 160 valence electrons. The normalized spacial score (nSPS) is 20.4. The molecule has 0 saturated heterocycles. The highest BCUT2D eigenvalue weighted by Gasteiger charge is 2.32. The molecule has 6 nitrogen and oxygen atoms in total. The fraction of sp³-hybridized carbons (Fsp3) is 0.682. The molecule has 29 heavy (non-hydrogen) atoms. The van der Waals surface area contributed by atoms with E-state index in [2.05, 4.69) is 47.9 Å². The molecule has 0 bridgehead atoms. The Balaban J connectivity index is 1.69. The number of rotatable bonds is 6. The fourth-order valence-corrected chi connectivity index (χ4v) is 5.53. The van der Waals surface area contributed by atoms with Crippen LogP contribution < -0.4 is 10.2 Å². The van der Waals surface area contributed by atoms with Gasteiger partial charge in [0.1, 0.15) is 0 Å². The van der Waals surface area contributed by atoms with Gasteiger partial charge in [-0.15, -0.1) is 0 Å². The molecule has 0 aromatic carbocycles. The largest absolute Gasteiger partial charge is 0.390 e. The van der Waals surface area contributed by atoms with E-state index in [4.69, 9.17) is 0 Å². The number of carbonyl (C=O) groups excluding carboxylic acids is 1. The van der Waals surface area contributed by atoms with Gasteiger partial charge in [0, 0.05) is 24.3 Å². The number of amides is 1. The van der Waals surface area contributed by atoms with E-state index in [-0.39, 0.29) is 11.9 Å². The number of aliphatic hydroxyl groups is 1. The highest BCUT2D eigenvalue weighted by molar-refractivity contribution is 7.22. The maximum atomic E-state index is 12.8. The summed E-state index contributed by atoms with van der Waals surface area (Å²) in [6.07, 6.45) is 5.30. The summed E-state index contributed by atoms with van der Waals surface area (Å²) in [7, 11) is 0. The van der Waals surface area contributed by atoms with Crippen molar-refractivity contribution in [2.24, 2.45) is 5.92 Å². The number of hydrogen-bond donors (Lipinski definition) is 2. The van der Waals surface area contributed by atoms with Gasteiger partial charge >= 0.3 is 0 Å². The highest BCUT2D eigenvalue weighted by atomic mass is 32.1. The van der Waals surface area contributed by atoms with Crippen LogP contribution in [0.15, 0.2) is 12.3 Å². The average molecular weight is 419 g/mol. The Bertz CT molecular complexity index is 840. The SMILES string of the molecule is CC(C)N(c1nc2ncc(C(=O)N[C@H]3CC[C@H](C(C)(C)O)CC3)cc2s1)C(C)C. The van der Waals surface area contributed by atoms with Crippen LogP contribution in [0.2, 0.25) is 0 Å². The maximum absolute atomic E-state index is 12.8. The molecule has 2 aromatic rings. The van der Waals surface area contributed by atoms with E-state index in [1.165, 1.54) is 0 Å². The van der Waals surface area contributed by atoms with Crippen molar-refractivity contribution < 1.29 is 9.90 Å². The summed E-state index contributed by atoms with van der Waals surface area (Å²) in [5.41, 5.74) is 0.629. The summed E-state index contributed by atoms with van der Waals surface area (Å²) in [4.78, 5) is 24.2. The first-order valence-electron chi connectivity index (χ1n) is 10.6. The number of anilines is 1. The van der Waals surface area contributed by atoms with Crippen LogP contribution in [0.1, 0.15) is 77.6 Å². The van der Waals surface area contributed by atoms with Crippen molar-refractivity contribution in [2.45, 2.75) is 91.0 Å². The van der Waals surface area contributed by atoms with Gasteiger partial charge in [-0.1, -0.05) is 11.3 Å². The number of carbonyl (C=O) groups is 1. The van der Waals surface area contributed by atoms with Crippen LogP contribution in [-0.4, -0.2) is 44.7 Å². The highest BCUT2D eigenvalue weighted by Crippen LogP contribution is 2.33. The van der Waals surface area contributed by atoms with Crippen molar-refractivity contribution in [3.05, 3.63) is 17.8 Å². The van der Waals surface area contributed by atoms with Crippen LogP contribution in [0.5, 0.6) is 0 Å². The van der Waals surface area contributed by atoms with Crippen molar-refractivity contribution in [1.82, 2.24) is 15.3 Å². The first-order chi connectivity index (χ1) is 13.6. The Kier molecular flexibility index (Phi) is 6.48. The van der Waals surface area contributed by atoms with E-state index in [0.717, 1.165) is 35.5 Å². The number of aromatic nitrogens is 2. The van der Waals surface area contributed by atoms with Crippen LogP contribution in [0.25, 0.3) is 10.3 Å². The summed E-state index contributed by atoms with van der Waals surface area (Å²) in [6, 6.07) is 2.75. The third-order valence-electron chi connectivity index (χ3n) is 5.89. The summed E-state index contributed by atoms with van der Waals surface area (Å²) in [5, 5.41) is 14.3. The van der Waals surface area contributed by atoms with Gasteiger partial charge in [0.05, 0.1) is 15.9 Å². The van der Waals surface area contributed by atoms with Crippen LogP contribution in [-0.2, 0) is 0 Å². The minimum Gasteiger partial charge on any atom is -0.390 e. The molecule has 1 aliphatic carbocycles. The molecule has 0 unspecified atom stereocenters. The number of thiazole rings is 1. The molecule has 1 fully saturated rings. The number of pyridine rings is 1.